The first-order valence-corrected chi connectivity index (χ1v) is 9.53. The highest BCUT2D eigenvalue weighted by atomic mass is 32.2. The minimum atomic E-state index is -3.45. The number of fused-ring (bicyclic) bond motifs is 1. The average Bonchev–Trinajstić information content (AvgIpc) is 3.01. The Bertz CT molecular complexity index is 871. The molecule has 1 aromatic heterocycles. The molecule has 1 atom stereocenters. The van der Waals surface area contributed by atoms with Gasteiger partial charge in [-0.2, -0.15) is 0 Å². The lowest BCUT2D eigenvalue weighted by Crippen LogP contribution is -2.28. The molecule has 1 N–H and O–H groups in total. The van der Waals surface area contributed by atoms with E-state index < -0.39 is 14.6 Å². The van der Waals surface area contributed by atoms with Gasteiger partial charge in [0.15, 0.2) is 26.4 Å². The summed E-state index contributed by atoms with van der Waals surface area (Å²) in [6.07, 6.45) is 1.54. The Hall–Kier alpha value is -2.28. The van der Waals surface area contributed by atoms with Crippen molar-refractivity contribution in [2.75, 3.05) is 12.1 Å². The van der Waals surface area contributed by atoms with Crippen molar-refractivity contribution in [1.82, 2.24) is 4.98 Å². The Morgan fingerprint density at radius 2 is 1.84 bits per heavy atom. The summed E-state index contributed by atoms with van der Waals surface area (Å²) >= 11 is 0. The Labute approximate surface area is 148 Å². The summed E-state index contributed by atoms with van der Waals surface area (Å²) in [5, 5.41) is 3.40. The van der Waals surface area contributed by atoms with E-state index in [1.807, 2.05) is 25.1 Å². The Morgan fingerprint density at radius 1 is 1.12 bits per heavy atom. The summed E-state index contributed by atoms with van der Waals surface area (Å²) in [4.78, 5) is 4.13. The summed E-state index contributed by atoms with van der Waals surface area (Å²) in [5.41, 5.74) is 1.79. The molecule has 3 rings (SSSR count). The third-order valence-corrected chi connectivity index (χ3v) is 6.50. The van der Waals surface area contributed by atoms with Crippen LogP contribution in [0.4, 0.5) is 5.69 Å². The van der Waals surface area contributed by atoms with Crippen LogP contribution in [0.2, 0.25) is 0 Å². The van der Waals surface area contributed by atoms with E-state index in [2.05, 4.69) is 10.3 Å². The minimum Gasteiger partial charge on any atom is -0.454 e. The van der Waals surface area contributed by atoms with Gasteiger partial charge >= 0.3 is 0 Å². The van der Waals surface area contributed by atoms with E-state index in [9.17, 15) is 8.42 Å². The number of hydrogen-bond donors (Lipinski definition) is 1. The van der Waals surface area contributed by atoms with E-state index in [1.165, 1.54) is 6.07 Å². The van der Waals surface area contributed by atoms with Crippen molar-refractivity contribution in [2.24, 2.45) is 0 Å². The highest BCUT2D eigenvalue weighted by Gasteiger charge is 2.31. The molecule has 1 aliphatic rings. The number of benzene rings is 1. The zero-order valence-corrected chi connectivity index (χ0v) is 15.6. The fourth-order valence-corrected chi connectivity index (χ4v) is 3.52. The van der Waals surface area contributed by atoms with E-state index in [1.54, 1.807) is 33.0 Å². The molecular weight excluding hydrogens is 340 g/mol. The molecule has 1 unspecified atom stereocenters. The maximum atomic E-state index is 12.4. The standard InChI is InChI=1S/C18H22N2O4S/c1-12(13-5-7-15-16(9-13)24-11-23-15)20-14-6-8-17(19-10-14)25(21,22)18(2,3)4/h5-10,12,20H,11H2,1-4H3. The molecule has 2 heterocycles. The second kappa shape index (κ2) is 6.22. The molecular formula is C18H22N2O4S. The van der Waals surface area contributed by atoms with Crippen LogP contribution in [-0.4, -0.2) is 24.9 Å². The van der Waals surface area contributed by atoms with Crippen LogP contribution in [0, 0.1) is 0 Å². The van der Waals surface area contributed by atoms with E-state index in [0.717, 1.165) is 22.7 Å². The first-order chi connectivity index (χ1) is 11.7. The molecule has 0 amide bonds. The molecule has 0 radical (unpaired) electrons. The average molecular weight is 362 g/mol. The summed E-state index contributed by atoms with van der Waals surface area (Å²) in [6, 6.07) is 9.06. The second-order valence-electron chi connectivity index (χ2n) is 6.98. The maximum absolute atomic E-state index is 12.4. The smallest absolute Gasteiger partial charge is 0.231 e. The van der Waals surface area contributed by atoms with Gasteiger partial charge < -0.3 is 14.8 Å². The van der Waals surface area contributed by atoms with Crippen molar-refractivity contribution in [1.29, 1.82) is 0 Å². The van der Waals surface area contributed by atoms with Crippen molar-refractivity contribution in [3.8, 4) is 11.5 Å². The fourth-order valence-electron chi connectivity index (χ4n) is 2.45. The predicted octanol–water partition coefficient (Wildman–Crippen LogP) is 3.56. The summed E-state index contributed by atoms with van der Waals surface area (Å²) in [6.45, 7) is 7.25. The van der Waals surface area contributed by atoms with Crippen molar-refractivity contribution >= 4 is 15.5 Å². The lowest BCUT2D eigenvalue weighted by Gasteiger charge is -2.19. The van der Waals surface area contributed by atoms with Gasteiger partial charge in [0, 0.05) is 6.04 Å². The van der Waals surface area contributed by atoms with Crippen LogP contribution in [0.3, 0.4) is 0 Å². The van der Waals surface area contributed by atoms with Gasteiger partial charge in [-0.05, 0) is 57.5 Å². The van der Waals surface area contributed by atoms with Crippen LogP contribution in [0.15, 0.2) is 41.6 Å². The summed E-state index contributed by atoms with van der Waals surface area (Å²) < 4.78 is 34.6. The lowest BCUT2D eigenvalue weighted by atomic mass is 10.1. The van der Waals surface area contributed by atoms with E-state index in [4.69, 9.17) is 9.47 Å². The quantitative estimate of drug-likeness (QED) is 0.896. The van der Waals surface area contributed by atoms with Gasteiger partial charge in [0.1, 0.15) is 0 Å². The number of anilines is 1. The number of nitrogens with zero attached hydrogens (tertiary/aromatic N) is 1. The van der Waals surface area contributed by atoms with Crippen LogP contribution in [0.25, 0.3) is 0 Å². The molecule has 7 heteroatoms. The second-order valence-corrected chi connectivity index (χ2v) is 9.63. The van der Waals surface area contributed by atoms with Gasteiger partial charge in [0.25, 0.3) is 0 Å². The highest BCUT2D eigenvalue weighted by molar-refractivity contribution is 7.92. The third-order valence-electron chi connectivity index (χ3n) is 4.10. The maximum Gasteiger partial charge on any atom is 0.231 e. The van der Waals surface area contributed by atoms with Crippen LogP contribution in [-0.2, 0) is 9.84 Å². The van der Waals surface area contributed by atoms with Crippen LogP contribution >= 0.6 is 0 Å². The van der Waals surface area contributed by atoms with Gasteiger partial charge in [-0.25, -0.2) is 13.4 Å². The third kappa shape index (κ3) is 3.42. The molecule has 0 bridgehead atoms. The minimum absolute atomic E-state index is 0.00127. The molecule has 6 nitrogen and oxygen atoms in total. The van der Waals surface area contributed by atoms with Crippen molar-refractivity contribution in [2.45, 2.75) is 43.5 Å². The number of rotatable bonds is 4. The number of sulfone groups is 1. The van der Waals surface area contributed by atoms with Gasteiger partial charge in [0.2, 0.25) is 6.79 Å². The van der Waals surface area contributed by atoms with E-state index in [-0.39, 0.29) is 17.9 Å². The Balaban J connectivity index is 1.75. The van der Waals surface area contributed by atoms with Crippen LogP contribution in [0.5, 0.6) is 11.5 Å². The van der Waals surface area contributed by atoms with Crippen molar-refractivity contribution in [3.63, 3.8) is 0 Å². The number of aromatic nitrogens is 1. The molecule has 0 spiro atoms. The Kier molecular flexibility index (Phi) is 4.36. The molecule has 0 aliphatic carbocycles. The topological polar surface area (TPSA) is 77.5 Å². The number of hydrogen-bond acceptors (Lipinski definition) is 6. The zero-order valence-electron chi connectivity index (χ0n) is 14.7. The van der Waals surface area contributed by atoms with Crippen LogP contribution in [0.1, 0.15) is 39.3 Å². The van der Waals surface area contributed by atoms with Crippen molar-refractivity contribution in [3.05, 3.63) is 42.1 Å². The van der Waals surface area contributed by atoms with Gasteiger partial charge in [-0.1, -0.05) is 6.07 Å². The normalized spacial score (nSPS) is 15.0. The van der Waals surface area contributed by atoms with E-state index >= 15 is 0 Å². The monoisotopic (exact) mass is 362 g/mol. The lowest BCUT2D eigenvalue weighted by molar-refractivity contribution is 0.174. The van der Waals surface area contributed by atoms with E-state index in [0.29, 0.717) is 0 Å². The molecule has 2 aromatic rings. The molecule has 0 saturated carbocycles. The summed E-state index contributed by atoms with van der Waals surface area (Å²) in [5.74, 6) is 1.48. The van der Waals surface area contributed by atoms with Crippen molar-refractivity contribution < 1.29 is 17.9 Å². The number of pyridine rings is 1. The molecule has 1 aliphatic heterocycles. The molecule has 1 aromatic carbocycles. The highest BCUT2D eigenvalue weighted by Crippen LogP contribution is 2.34. The van der Waals surface area contributed by atoms with Gasteiger partial charge in [-0.3, -0.25) is 0 Å². The molecule has 134 valence electrons. The SMILES string of the molecule is CC(Nc1ccc(S(=O)(=O)C(C)(C)C)nc1)c1ccc2c(c1)OCO2. The van der Waals surface area contributed by atoms with Gasteiger partial charge in [0.05, 0.1) is 16.6 Å². The van der Waals surface area contributed by atoms with Crippen LogP contribution < -0.4 is 14.8 Å². The first kappa shape index (κ1) is 17.5. The zero-order chi connectivity index (χ0) is 18.2. The first-order valence-electron chi connectivity index (χ1n) is 8.05. The number of nitrogens with one attached hydrogen (secondary N) is 1. The number of ether oxygens (including phenoxy) is 2. The van der Waals surface area contributed by atoms with Gasteiger partial charge in [-0.15, -0.1) is 0 Å². The largest absolute Gasteiger partial charge is 0.454 e. The fraction of sp³-hybridized carbons (Fsp3) is 0.389. The Morgan fingerprint density at radius 3 is 2.48 bits per heavy atom. The summed E-state index contributed by atoms with van der Waals surface area (Å²) in [7, 11) is -3.45. The molecule has 0 saturated heterocycles. The molecule has 0 fully saturated rings. The molecule has 25 heavy (non-hydrogen) atoms. The predicted molar refractivity (Wildman–Crippen MR) is 95.8 cm³/mol.